The zero-order valence-corrected chi connectivity index (χ0v) is 7.23. The summed E-state index contributed by atoms with van der Waals surface area (Å²) >= 11 is 0. The minimum Gasteiger partial charge on any atom is -0.308 e. The van der Waals surface area contributed by atoms with E-state index in [0.29, 0.717) is 0 Å². The normalized spacial score (nSPS) is 9.73. The van der Waals surface area contributed by atoms with Gasteiger partial charge in [-0.05, 0) is 43.0 Å². The van der Waals surface area contributed by atoms with Crippen molar-refractivity contribution in [2.45, 2.75) is 20.8 Å². The van der Waals surface area contributed by atoms with E-state index in [2.05, 4.69) is 20.8 Å². The van der Waals surface area contributed by atoms with Crippen LogP contribution in [0.2, 0.25) is 0 Å². The number of aryl methyl sites for hydroxylation is 2. The largest absolute Gasteiger partial charge is 0.308 e. The molecule has 58 valence electrons. The van der Waals surface area contributed by atoms with Crippen molar-refractivity contribution in [2.75, 3.05) is 0 Å². The predicted octanol–water partition coefficient (Wildman–Crippen LogP) is 2.61. The zero-order valence-electron chi connectivity index (χ0n) is 7.23. The summed E-state index contributed by atoms with van der Waals surface area (Å²) < 4.78 is 0. The molecular weight excluding hydrogens is 134 g/mol. The van der Waals surface area contributed by atoms with Crippen LogP contribution in [0.5, 0.6) is 0 Å². The Labute approximate surface area is 67.6 Å². The van der Waals surface area contributed by atoms with Crippen LogP contribution in [-0.2, 0) is 0 Å². The van der Waals surface area contributed by atoms with E-state index in [1.54, 1.807) is 0 Å². The average molecular weight is 147 g/mol. The second-order valence-electron chi connectivity index (χ2n) is 2.92. The minimum absolute atomic E-state index is 0.991. The maximum absolute atomic E-state index is 7.08. The molecule has 0 spiro atoms. The lowest BCUT2D eigenvalue weighted by Crippen LogP contribution is -1.89. The van der Waals surface area contributed by atoms with E-state index in [0.717, 1.165) is 5.56 Å². The van der Waals surface area contributed by atoms with E-state index in [1.165, 1.54) is 22.9 Å². The van der Waals surface area contributed by atoms with Gasteiger partial charge in [-0.15, -0.1) is 0 Å². The molecule has 0 aromatic heterocycles. The van der Waals surface area contributed by atoms with Crippen LogP contribution in [0.25, 0.3) is 0 Å². The van der Waals surface area contributed by atoms with Gasteiger partial charge in [-0.2, -0.15) is 0 Å². The van der Waals surface area contributed by atoms with Crippen molar-refractivity contribution >= 4 is 6.21 Å². The fraction of sp³-hybridized carbons (Fsp3) is 0.300. The zero-order chi connectivity index (χ0) is 8.43. The molecule has 1 heteroatoms. The van der Waals surface area contributed by atoms with Gasteiger partial charge in [0.2, 0.25) is 0 Å². The minimum atomic E-state index is 0.991. The Morgan fingerprint density at radius 2 is 1.55 bits per heavy atom. The molecule has 0 aliphatic rings. The SMILES string of the molecule is Cc1cc(C=N)cc(C)c1C. The average Bonchev–Trinajstić information content (AvgIpc) is 1.99. The number of nitrogens with one attached hydrogen (secondary N) is 1. The molecule has 0 unspecified atom stereocenters. The van der Waals surface area contributed by atoms with E-state index in [1.807, 2.05) is 12.1 Å². The molecular formula is C10H13N. The summed E-state index contributed by atoms with van der Waals surface area (Å²) in [5, 5.41) is 7.08. The fourth-order valence-corrected chi connectivity index (χ4v) is 1.15. The van der Waals surface area contributed by atoms with Crippen LogP contribution in [-0.4, -0.2) is 6.21 Å². The first-order chi connectivity index (χ1) is 5.15. The quantitative estimate of drug-likeness (QED) is 0.590. The molecule has 0 atom stereocenters. The second kappa shape index (κ2) is 2.87. The van der Waals surface area contributed by atoms with Crippen LogP contribution in [0, 0.1) is 26.2 Å². The number of benzene rings is 1. The Morgan fingerprint density at radius 1 is 1.09 bits per heavy atom. The van der Waals surface area contributed by atoms with Crippen molar-refractivity contribution in [3.8, 4) is 0 Å². The summed E-state index contributed by atoms with van der Waals surface area (Å²) in [4.78, 5) is 0. The lowest BCUT2D eigenvalue weighted by atomic mass is 10.0. The van der Waals surface area contributed by atoms with Gasteiger partial charge >= 0.3 is 0 Å². The molecule has 0 saturated heterocycles. The van der Waals surface area contributed by atoms with Gasteiger partial charge in [0, 0.05) is 6.21 Å². The van der Waals surface area contributed by atoms with Crippen molar-refractivity contribution in [3.05, 3.63) is 34.4 Å². The van der Waals surface area contributed by atoms with E-state index >= 15 is 0 Å². The fourth-order valence-electron chi connectivity index (χ4n) is 1.15. The first kappa shape index (κ1) is 7.99. The highest BCUT2D eigenvalue weighted by molar-refractivity contribution is 5.77. The van der Waals surface area contributed by atoms with Gasteiger partial charge in [0.15, 0.2) is 0 Å². The molecule has 1 aromatic rings. The second-order valence-corrected chi connectivity index (χ2v) is 2.92. The molecule has 1 aromatic carbocycles. The summed E-state index contributed by atoms with van der Waals surface area (Å²) in [5.41, 5.74) is 4.85. The van der Waals surface area contributed by atoms with Crippen molar-refractivity contribution in [1.29, 1.82) is 5.41 Å². The number of rotatable bonds is 1. The Morgan fingerprint density at radius 3 is 1.91 bits per heavy atom. The monoisotopic (exact) mass is 147 g/mol. The third kappa shape index (κ3) is 1.48. The van der Waals surface area contributed by atoms with Gasteiger partial charge in [0.1, 0.15) is 0 Å². The molecule has 1 rings (SSSR count). The topological polar surface area (TPSA) is 23.9 Å². The number of hydrogen-bond donors (Lipinski definition) is 1. The molecule has 0 aliphatic heterocycles. The molecule has 0 fully saturated rings. The third-order valence-electron chi connectivity index (χ3n) is 2.12. The molecule has 0 amide bonds. The van der Waals surface area contributed by atoms with Gasteiger partial charge in [-0.25, -0.2) is 0 Å². The van der Waals surface area contributed by atoms with Crippen molar-refractivity contribution < 1.29 is 0 Å². The van der Waals surface area contributed by atoms with Gasteiger partial charge in [0.05, 0.1) is 0 Å². The Kier molecular flexibility index (Phi) is 2.08. The molecule has 1 N–H and O–H groups in total. The molecule has 11 heavy (non-hydrogen) atoms. The Bertz CT molecular complexity index is 264. The van der Waals surface area contributed by atoms with Gasteiger partial charge in [-0.1, -0.05) is 12.1 Å². The van der Waals surface area contributed by atoms with Crippen molar-refractivity contribution in [2.24, 2.45) is 0 Å². The molecule has 0 saturated carbocycles. The highest BCUT2D eigenvalue weighted by Gasteiger charge is 1.97. The summed E-state index contributed by atoms with van der Waals surface area (Å²) in [6.07, 6.45) is 1.39. The van der Waals surface area contributed by atoms with Crippen molar-refractivity contribution in [1.82, 2.24) is 0 Å². The predicted molar refractivity (Wildman–Crippen MR) is 48.5 cm³/mol. The van der Waals surface area contributed by atoms with E-state index in [4.69, 9.17) is 5.41 Å². The Hall–Kier alpha value is -1.11. The third-order valence-corrected chi connectivity index (χ3v) is 2.12. The summed E-state index contributed by atoms with van der Waals surface area (Å²) in [5.74, 6) is 0. The smallest absolute Gasteiger partial charge is 0.0250 e. The molecule has 0 bridgehead atoms. The van der Waals surface area contributed by atoms with Crippen LogP contribution in [0.1, 0.15) is 22.3 Å². The summed E-state index contributed by atoms with van der Waals surface area (Å²) in [7, 11) is 0. The van der Waals surface area contributed by atoms with Crippen LogP contribution >= 0.6 is 0 Å². The number of hydrogen-bond acceptors (Lipinski definition) is 1. The highest BCUT2D eigenvalue weighted by atomic mass is 14.3. The lowest BCUT2D eigenvalue weighted by Gasteiger charge is -2.04. The standard InChI is InChI=1S/C10H13N/c1-7-4-10(6-11)5-8(2)9(7)3/h4-6,11H,1-3H3. The van der Waals surface area contributed by atoms with Crippen LogP contribution in [0.15, 0.2) is 12.1 Å². The van der Waals surface area contributed by atoms with E-state index in [9.17, 15) is 0 Å². The van der Waals surface area contributed by atoms with Gasteiger partial charge < -0.3 is 5.41 Å². The maximum Gasteiger partial charge on any atom is 0.0250 e. The summed E-state index contributed by atoms with van der Waals surface area (Å²) in [6, 6.07) is 4.07. The maximum atomic E-state index is 7.08. The van der Waals surface area contributed by atoms with Crippen molar-refractivity contribution in [3.63, 3.8) is 0 Å². The van der Waals surface area contributed by atoms with Crippen LogP contribution in [0.3, 0.4) is 0 Å². The Balaban J connectivity index is 3.31. The molecule has 1 nitrogen and oxygen atoms in total. The van der Waals surface area contributed by atoms with Gasteiger partial charge in [0.25, 0.3) is 0 Å². The van der Waals surface area contributed by atoms with Gasteiger partial charge in [-0.3, -0.25) is 0 Å². The van der Waals surface area contributed by atoms with E-state index < -0.39 is 0 Å². The summed E-state index contributed by atoms with van der Waals surface area (Å²) in [6.45, 7) is 6.27. The first-order valence-corrected chi connectivity index (χ1v) is 3.73. The lowest BCUT2D eigenvalue weighted by molar-refractivity contribution is 1.26. The molecule has 0 radical (unpaired) electrons. The highest BCUT2D eigenvalue weighted by Crippen LogP contribution is 2.13. The molecule has 0 aliphatic carbocycles. The first-order valence-electron chi connectivity index (χ1n) is 3.73. The van der Waals surface area contributed by atoms with E-state index in [-0.39, 0.29) is 0 Å². The van der Waals surface area contributed by atoms with Crippen LogP contribution < -0.4 is 0 Å². The van der Waals surface area contributed by atoms with Crippen LogP contribution in [0.4, 0.5) is 0 Å². The molecule has 0 heterocycles.